The van der Waals surface area contributed by atoms with Crippen LogP contribution >= 0.6 is 22.9 Å². The highest BCUT2D eigenvalue weighted by Gasteiger charge is 2.10. The number of nitro groups is 1. The number of halogens is 1. The molecule has 0 saturated heterocycles. The number of aromatic nitrogens is 1. The topological polar surface area (TPSA) is 68.1 Å². The van der Waals surface area contributed by atoms with Crippen molar-refractivity contribution in [2.45, 2.75) is 20.4 Å². The van der Waals surface area contributed by atoms with Crippen LogP contribution in [0.1, 0.15) is 15.6 Å². The Morgan fingerprint density at radius 3 is 2.74 bits per heavy atom. The van der Waals surface area contributed by atoms with Gasteiger partial charge in [-0.1, -0.05) is 11.6 Å². The third-order valence-corrected chi connectivity index (χ3v) is 3.99. The second-order valence-corrected chi connectivity index (χ2v) is 5.71. The van der Waals surface area contributed by atoms with Gasteiger partial charge in [0.05, 0.1) is 32.9 Å². The molecule has 19 heavy (non-hydrogen) atoms. The van der Waals surface area contributed by atoms with Crippen molar-refractivity contribution in [3.63, 3.8) is 0 Å². The quantitative estimate of drug-likeness (QED) is 0.685. The molecule has 100 valence electrons. The van der Waals surface area contributed by atoms with Crippen LogP contribution in [0.5, 0.6) is 0 Å². The normalized spacial score (nSPS) is 10.5. The fraction of sp³-hybridized carbons (Fsp3) is 0.250. The lowest BCUT2D eigenvalue weighted by molar-refractivity contribution is -0.384. The number of hydrogen-bond acceptors (Lipinski definition) is 5. The summed E-state index contributed by atoms with van der Waals surface area (Å²) in [6, 6.07) is 4.39. The molecule has 1 heterocycles. The zero-order valence-electron chi connectivity index (χ0n) is 10.4. The summed E-state index contributed by atoms with van der Waals surface area (Å²) < 4.78 is 0. The Hall–Kier alpha value is -1.66. The molecule has 0 fully saturated rings. The number of rotatable bonds is 4. The highest BCUT2D eigenvalue weighted by molar-refractivity contribution is 7.11. The first-order valence-corrected chi connectivity index (χ1v) is 6.77. The minimum absolute atomic E-state index is 0.0136. The standard InChI is InChI=1S/C12H12ClN3O2S/c1-7-12(19-8(2)15-7)6-14-11-4-3-9(16(17)18)5-10(11)13/h3-5,14H,6H2,1-2H3. The molecular weight excluding hydrogens is 286 g/mol. The second kappa shape index (κ2) is 5.54. The first-order chi connectivity index (χ1) is 8.97. The molecule has 1 aromatic heterocycles. The zero-order chi connectivity index (χ0) is 14.0. The van der Waals surface area contributed by atoms with E-state index < -0.39 is 4.92 Å². The number of benzene rings is 1. The highest BCUT2D eigenvalue weighted by atomic mass is 35.5. The number of hydrogen-bond donors (Lipinski definition) is 1. The largest absolute Gasteiger partial charge is 0.379 e. The Kier molecular flexibility index (Phi) is 4.01. The molecule has 0 unspecified atom stereocenters. The molecule has 0 aliphatic rings. The lowest BCUT2D eigenvalue weighted by atomic mass is 10.2. The Labute approximate surface area is 119 Å². The molecule has 7 heteroatoms. The molecule has 0 spiro atoms. The van der Waals surface area contributed by atoms with E-state index >= 15 is 0 Å². The third-order valence-electron chi connectivity index (χ3n) is 2.60. The summed E-state index contributed by atoms with van der Waals surface area (Å²) in [7, 11) is 0. The van der Waals surface area contributed by atoms with Gasteiger partial charge in [-0.3, -0.25) is 10.1 Å². The maximum Gasteiger partial charge on any atom is 0.271 e. The SMILES string of the molecule is Cc1nc(C)c(CNc2ccc([N+](=O)[O-])cc2Cl)s1. The van der Waals surface area contributed by atoms with E-state index in [1.54, 1.807) is 17.4 Å². The van der Waals surface area contributed by atoms with Crippen LogP contribution in [0.15, 0.2) is 18.2 Å². The maximum absolute atomic E-state index is 10.6. The molecule has 1 aromatic carbocycles. The van der Waals surface area contributed by atoms with Crippen molar-refractivity contribution < 1.29 is 4.92 Å². The first kappa shape index (κ1) is 13.8. The van der Waals surface area contributed by atoms with E-state index in [0.29, 0.717) is 17.3 Å². The molecule has 2 aromatic rings. The molecular formula is C12H12ClN3O2S. The molecule has 1 N–H and O–H groups in total. The van der Waals surface area contributed by atoms with Gasteiger partial charge in [0.15, 0.2) is 0 Å². The van der Waals surface area contributed by atoms with Gasteiger partial charge in [-0.2, -0.15) is 0 Å². The molecule has 0 atom stereocenters. The van der Waals surface area contributed by atoms with Crippen LogP contribution in [-0.2, 0) is 6.54 Å². The molecule has 0 aliphatic heterocycles. The number of thiazole rings is 1. The number of anilines is 1. The van der Waals surface area contributed by atoms with E-state index in [9.17, 15) is 10.1 Å². The van der Waals surface area contributed by atoms with Gasteiger partial charge < -0.3 is 5.32 Å². The lowest BCUT2D eigenvalue weighted by Gasteiger charge is -2.07. The molecule has 5 nitrogen and oxygen atoms in total. The Morgan fingerprint density at radius 2 is 2.21 bits per heavy atom. The highest BCUT2D eigenvalue weighted by Crippen LogP contribution is 2.28. The van der Waals surface area contributed by atoms with Gasteiger partial charge in [0, 0.05) is 17.0 Å². The number of nitrogens with zero attached hydrogens (tertiary/aromatic N) is 2. The second-order valence-electron chi connectivity index (χ2n) is 4.02. The molecule has 0 radical (unpaired) electrons. The van der Waals surface area contributed by atoms with Crippen LogP contribution in [0.25, 0.3) is 0 Å². The fourth-order valence-electron chi connectivity index (χ4n) is 1.67. The van der Waals surface area contributed by atoms with Crippen molar-refractivity contribution in [3.05, 3.63) is 48.9 Å². The summed E-state index contributed by atoms with van der Waals surface area (Å²) in [5, 5.41) is 15.1. The molecule has 2 rings (SSSR count). The molecule has 0 amide bonds. The van der Waals surface area contributed by atoms with E-state index in [1.807, 2.05) is 13.8 Å². The summed E-state index contributed by atoms with van der Waals surface area (Å²) in [5.74, 6) is 0. The predicted molar refractivity (Wildman–Crippen MR) is 77.0 cm³/mol. The van der Waals surface area contributed by atoms with Crippen molar-refractivity contribution in [2.24, 2.45) is 0 Å². The van der Waals surface area contributed by atoms with Gasteiger partial charge in [0.2, 0.25) is 0 Å². The summed E-state index contributed by atoms with van der Waals surface area (Å²) in [4.78, 5) is 15.6. The van der Waals surface area contributed by atoms with Crippen LogP contribution in [-0.4, -0.2) is 9.91 Å². The van der Waals surface area contributed by atoms with Gasteiger partial charge in [-0.05, 0) is 19.9 Å². The Morgan fingerprint density at radius 1 is 1.47 bits per heavy atom. The van der Waals surface area contributed by atoms with Crippen molar-refractivity contribution >= 4 is 34.3 Å². The smallest absolute Gasteiger partial charge is 0.271 e. The number of non-ortho nitro benzene ring substituents is 1. The maximum atomic E-state index is 10.6. The van der Waals surface area contributed by atoms with Crippen molar-refractivity contribution in [1.29, 1.82) is 0 Å². The van der Waals surface area contributed by atoms with E-state index in [4.69, 9.17) is 11.6 Å². The van der Waals surface area contributed by atoms with Crippen LogP contribution in [0.4, 0.5) is 11.4 Å². The third kappa shape index (κ3) is 3.21. The van der Waals surface area contributed by atoms with Gasteiger partial charge in [-0.15, -0.1) is 11.3 Å². The van der Waals surface area contributed by atoms with Crippen LogP contribution in [0.2, 0.25) is 5.02 Å². The monoisotopic (exact) mass is 297 g/mol. The number of nitro benzene ring substituents is 1. The van der Waals surface area contributed by atoms with Crippen LogP contribution in [0.3, 0.4) is 0 Å². The van der Waals surface area contributed by atoms with Crippen LogP contribution < -0.4 is 5.32 Å². The van der Waals surface area contributed by atoms with Gasteiger partial charge >= 0.3 is 0 Å². The predicted octanol–water partition coefficient (Wildman–Crippen LogP) is 3.93. The molecule has 0 saturated carbocycles. The summed E-state index contributed by atoms with van der Waals surface area (Å²) >= 11 is 7.63. The van der Waals surface area contributed by atoms with E-state index in [2.05, 4.69) is 10.3 Å². The number of aryl methyl sites for hydroxylation is 2. The van der Waals surface area contributed by atoms with Crippen molar-refractivity contribution in [3.8, 4) is 0 Å². The van der Waals surface area contributed by atoms with Gasteiger partial charge in [-0.25, -0.2) is 4.98 Å². The number of nitrogens with one attached hydrogen (secondary N) is 1. The van der Waals surface area contributed by atoms with Crippen molar-refractivity contribution in [1.82, 2.24) is 4.98 Å². The Balaban J connectivity index is 2.12. The zero-order valence-corrected chi connectivity index (χ0v) is 12.0. The van der Waals surface area contributed by atoms with E-state index in [1.165, 1.54) is 12.1 Å². The van der Waals surface area contributed by atoms with E-state index in [-0.39, 0.29) is 5.69 Å². The lowest BCUT2D eigenvalue weighted by Crippen LogP contribution is -2.00. The minimum atomic E-state index is -0.466. The summed E-state index contributed by atoms with van der Waals surface area (Å²) in [6.45, 7) is 4.52. The fourth-order valence-corrected chi connectivity index (χ4v) is 2.79. The first-order valence-electron chi connectivity index (χ1n) is 5.58. The summed E-state index contributed by atoms with van der Waals surface area (Å²) in [5.41, 5.74) is 1.66. The average Bonchev–Trinajstić information content (AvgIpc) is 2.66. The average molecular weight is 298 g/mol. The van der Waals surface area contributed by atoms with Crippen LogP contribution in [0, 0.1) is 24.0 Å². The van der Waals surface area contributed by atoms with Gasteiger partial charge in [0.1, 0.15) is 0 Å². The Bertz CT molecular complexity index is 627. The molecule has 0 bridgehead atoms. The molecule has 0 aliphatic carbocycles. The minimum Gasteiger partial charge on any atom is -0.379 e. The van der Waals surface area contributed by atoms with E-state index in [0.717, 1.165) is 15.6 Å². The van der Waals surface area contributed by atoms with Crippen molar-refractivity contribution in [2.75, 3.05) is 5.32 Å². The van der Waals surface area contributed by atoms with Gasteiger partial charge in [0.25, 0.3) is 5.69 Å². The summed E-state index contributed by atoms with van der Waals surface area (Å²) in [6.07, 6.45) is 0.